The molecule has 16 heavy (non-hydrogen) atoms. The van der Waals surface area contributed by atoms with E-state index in [0.717, 1.165) is 12.6 Å². The Bertz CT molecular complexity index is 384. The smallest absolute Gasteiger partial charge is 0.115 e. The number of rotatable bonds is 3. The minimum atomic E-state index is 0.411. The summed E-state index contributed by atoms with van der Waals surface area (Å²) in [6, 6.07) is 6.60. The van der Waals surface area contributed by atoms with Gasteiger partial charge in [0.15, 0.2) is 0 Å². The Kier molecular flexibility index (Phi) is 2.60. The summed E-state index contributed by atoms with van der Waals surface area (Å²) in [5.74, 6) is 1.02. The maximum Gasteiger partial charge on any atom is 0.115 e. The van der Waals surface area contributed by atoms with E-state index in [1.807, 2.05) is 6.07 Å². The molecular weight excluding hydrogens is 198 g/mol. The first-order chi connectivity index (χ1) is 7.83. The zero-order valence-corrected chi connectivity index (χ0v) is 9.58. The van der Waals surface area contributed by atoms with Crippen molar-refractivity contribution in [3.8, 4) is 5.75 Å². The molecule has 2 nitrogen and oxygen atoms in total. The first-order valence-corrected chi connectivity index (χ1v) is 6.38. The minimum absolute atomic E-state index is 0.411. The van der Waals surface area contributed by atoms with Gasteiger partial charge in [0.05, 0.1) is 0 Å². The Hall–Kier alpha value is -1.02. The number of hydrogen-bond donors (Lipinski definition) is 2. The molecule has 0 aliphatic heterocycles. The van der Waals surface area contributed by atoms with Crippen LogP contribution in [0, 0.1) is 0 Å². The van der Waals surface area contributed by atoms with Crippen LogP contribution in [0.5, 0.6) is 5.75 Å². The Morgan fingerprint density at radius 1 is 1.25 bits per heavy atom. The van der Waals surface area contributed by atoms with Crippen molar-refractivity contribution in [1.82, 2.24) is 5.32 Å². The van der Waals surface area contributed by atoms with Crippen molar-refractivity contribution >= 4 is 0 Å². The van der Waals surface area contributed by atoms with Gasteiger partial charge in [-0.2, -0.15) is 0 Å². The molecule has 0 saturated heterocycles. The summed E-state index contributed by atoms with van der Waals surface area (Å²) in [7, 11) is 0. The summed E-state index contributed by atoms with van der Waals surface area (Å²) in [4.78, 5) is 0. The van der Waals surface area contributed by atoms with Gasteiger partial charge in [-0.1, -0.05) is 12.5 Å². The lowest BCUT2D eigenvalue weighted by atomic mass is 9.92. The average Bonchev–Trinajstić information content (AvgIpc) is 2.59. The molecule has 1 fully saturated rings. The molecule has 2 heteroatoms. The number of nitrogens with one attached hydrogen (secondary N) is 1. The molecule has 1 atom stereocenters. The quantitative estimate of drug-likeness (QED) is 0.815. The first kappa shape index (κ1) is 10.2. The average molecular weight is 217 g/mol. The van der Waals surface area contributed by atoms with Gasteiger partial charge in [-0.3, -0.25) is 0 Å². The molecule has 86 valence electrons. The van der Waals surface area contributed by atoms with Crippen molar-refractivity contribution in [1.29, 1.82) is 0 Å². The van der Waals surface area contributed by atoms with E-state index >= 15 is 0 Å². The van der Waals surface area contributed by atoms with Crippen LogP contribution in [0.3, 0.4) is 0 Å². The van der Waals surface area contributed by atoms with E-state index in [9.17, 15) is 5.11 Å². The number of aromatic hydroxyl groups is 1. The standard InChI is InChI=1S/C14H19NO/c16-13-7-6-10-4-5-11(14(10)8-13)9-15-12-2-1-3-12/h6-8,11-12,15-16H,1-5,9H2. The second-order valence-corrected chi connectivity index (χ2v) is 5.15. The fraction of sp³-hybridized carbons (Fsp3) is 0.571. The highest BCUT2D eigenvalue weighted by Gasteiger charge is 2.24. The molecular formula is C14H19NO. The second kappa shape index (κ2) is 4.10. The van der Waals surface area contributed by atoms with Gasteiger partial charge in [-0.25, -0.2) is 0 Å². The monoisotopic (exact) mass is 217 g/mol. The normalized spacial score (nSPS) is 24.1. The number of phenolic OH excluding ortho intramolecular Hbond substituents is 1. The predicted octanol–water partition coefficient (Wildman–Crippen LogP) is 2.56. The van der Waals surface area contributed by atoms with Crippen molar-refractivity contribution in [2.45, 2.75) is 44.1 Å². The molecule has 0 radical (unpaired) electrons. The number of aryl methyl sites for hydroxylation is 1. The molecule has 2 aliphatic rings. The SMILES string of the molecule is Oc1ccc2c(c1)C(CNC1CCC1)CC2. The highest BCUT2D eigenvalue weighted by atomic mass is 16.3. The lowest BCUT2D eigenvalue weighted by molar-refractivity contribution is 0.331. The third-order valence-electron chi connectivity index (χ3n) is 4.09. The third kappa shape index (κ3) is 1.82. The zero-order chi connectivity index (χ0) is 11.0. The van der Waals surface area contributed by atoms with E-state index in [2.05, 4.69) is 11.4 Å². The molecule has 0 aromatic heterocycles. The van der Waals surface area contributed by atoms with Crippen LogP contribution in [0.4, 0.5) is 0 Å². The molecule has 2 N–H and O–H groups in total. The molecule has 1 saturated carbocycles. The Labute approximate surface area is 96.7 Å². The fourth-order valence-electron chi connectivity index (χ4n) is 2.81. The highest BCUT2D eigenvalue weighted by molar-refractivity contribution is 5.40. The van der Waals surface area contributed by atoms with Gasteiger partial charge in [-0.05, 0) is 54.9 Å². The Morgan fingerprint density at radius 3 is 2.88 bits per heavy atom. The summed E-state index contributed by atoms with van der Waals surface area (Å²) >= 11 is 0. The van der Waals surface area contributed by atoms with Crippen LogP contribution < -0.4 is 5.32 Å². The van der Waals surface area contributed by atoms with Crippen molar-refractivity contribution in [2.24, 2.45) is 0 Å². The molecule has 0 spiro atoms. The van der Waals surface area contributed by atoms with Crippen LogP contribution in [0.2, 0.25) is 0 Å². The van der Waals surface area contributed by atoms with Gasteiger partial charge in [-0.15, -0.1) is 0 Å². The maximum absolute atomic E-state index is 9.53. The minimum Gasteiger partial charge on any atom is -0.508 e. The van der Waals surface area contributed by atoms with Crippen molar-refractivity contribution in [3.05, 3.63) is 29.3 Å². The van der Waals surface area contributed by atoms with Crippen LogP contribution in [0.25, 0.3) is 0 Å². The third-order valence-corrected chi connectivity index (χ3v) is 4.09. The summed E-state index contributed by atoms with van der Waals surface area (Å²) in [6.07, 6.45) is 6.49. The largest absolute Gasteiger partial charge is 0.508 e. The number of benzene rings is 1. The topological polar surface area (TPSA) is 32.3 Å². The molecule has 3 rings (SSSR count). The summed E-state index contributed by atoms with van der Waals surface area (Å²) in [6.45, 7) is 1.08. The van der Waals surface area contributed by atoms with Gasteiger partial charge in [0.2, 0.25) is 0 Å². The molecule has 1 aromatic rings. The van der Waals surface area contributed by atoms with Gasteiger partial charge >= 0.3 is 0 Å². The van der Waals surface area contributed by atoms with Gasteiger partial charge < -0.3 is 10.4 Å². The zero-order valence-electron chi connectivity index (χ0n) is 9.58. The van der Waals surface area contributed by atoms with Crippen LogP contribution in [-0.2, 0) is 6.42 Å². The van der Waals surface area contributed by atoms with Crippen LogP contribution in [0.1, 0.15) is 42.7 Å². The van der Waals surface area contributed by atoms with Crippen molar-refractivity contribution < 1.29 is 5.11 Å². The van der Waals surface area contributed by atoms with Gasteiger partial charge in [0.1, 0.15) is 5.75 Å². The number of phenols is 1. The molecule has 0 amide bonds. The van der Waals surface area contributed by atoms with Crippen molar-refractivity contribution in [3.63, 3.8) is 0 Å². The molecule has 2 aliphatic carbocycles. The maximum atomic E-state index is 9.53. The lowest BCUT2D eigenvalue weighted by Crippen LogP contribution is -2.37. The van der Waals surface area contributed by atoms with Crippen molar-refractivity contribution in [2.75, 3.05) is 6.54 Å². The highest BCUT2D eigenvalue weighted by Crippen LogP contribution is 2.35. The lowest BCUT2D eigenvalue weighted by Gasteiger charge is -2.28. The number of hydrogen-bond acceptors (Lipinski definition) is 2. The van der Waals surface area contributed by atoms with Gasteiger partial charge in [0, 0.05) is 12.6 Å². The summed E-state index contributed by atoms with van der Waals surface area (Å²) < 4.78 is 0. The Morgan fingerprint density at radius 2 is 2.12 bits per heavy atom. The molecule has 0 heterocycles. The summed E-state index contributed by atoms with van der Waals surface area (Å²) in [5, 5.41) is 13.2. The first-order valence-electron chi connectivity index (χ1n) is 6.38. The molecule has 0 bridgehead atoms. The van der Waals surface area contributed by atoms with Crippen LogP contribution >= 0.6 is 0 Å². The predicted molar refractivity (Wildman–Crippen MR) is 64.8 cm³/mol. The summed E-state index contributed by atoms with van der Waals surface area (Å²) in [5.41, 5.74) is 2.80. The van der Waals surface area contributed by atoms with Crippen LogP contribution in [-0.4, -0.2) is 17.7 Å². The Balaban J connectivity index is 1.67. The van der Waals surface area contributed by atoms with E-state index in [0.29, 0.717) is 11.7 Å². The molecule has 1 unspecified atom stereocenters. The van der Waals surface area contributed by atoms with E-state index in [-0.39, 0.29) is 0 Å². The molecule has 1 aromatic carbocycles. The van der Waals surface area contributed by atoms with Gasteiger partial charge in [0.25, 0.3) is 0 Å². The van der Waals surface area contributed by atoms with E-state index in [1.165, 1.54) is 43.2 Å². The fourth-order valence-corrected chi connectivity index (χ4v) is 2.81. The number of fused-ring (bicyclic) bond motifs is 1. The van der Waals surface area contributed by atoms with E-state index in [4.69, 9.17) is 0 Å². The second-order valence-electron chi connectivity index (χ2n) is 5.15. The van der Waals surface area contributed by atoms with E-state index < -0.39 is 0 Å². The van der Waals surface area contributed by atoms with E-state index in [1.54, 1.807) is 6.07 Å². The van der Waals surface area contributed by atoms with Crippen LogP contribution in [0.15, 0.2) is 18.2 Å².